The predicted octanol–water partition coefficient (Wildman–Crippen LogP) is 3.24. The molecule has 6 heteroatoms. The molecule has 0 N–H and O–H groups in total. The molecule has 0 amide bonds. The van der Waals surface area contributed by atoms with Gasteiger partial charge in [0.05, 0.1) is 5.75 Å². The minimum absolute atomic E-state index is 0.216. The first-order valence-electron chi connectivity index (χ1n) is 4.54. The van der Waals surface area contributed by atoms with E-state index in [4.69, 9.17) is 16.1 Å². The first-order chi connectivity index (χ1) is 7.78. The number of alkyl halides is 1. The Labute approximate surface area is 101 Å². The van der Waals surface area contributed by atoms with Crippen LogP contribution in [-0.4, -0.2) is 10.1 Å². The van der Waals surface area contributed by atoms with E-state index in [1.165, 1.54) is 23.9 Å². The number of hydrogen-bond acceptors (Lipinski definition) is 4. The first kappa shape index (κ1) is 11.4. The molecule has 0 aliphatic carbocycles. The predicted molar refractivity (Wildman–Crippen MR) is 59.8 cm³/mol. The van der Waals surface area contributed by atoms with Gasteiger partial charge in [0.2, 0.25) is 5.89 Å². The summed E-state index contributed by atoms with van der Waals surface area (Å²) in [4.78, 5) is 5.01. The van der Waals surface area contributed by atoms with Crippen LogP contribution >= 0.6 is 23.4 Å². The summed E-state index contributed by atoms with van der Waals surface area (Å²) in [7, 11) is 0. The smallest absolute Gasteiger partial charge is 0.241 e. The van der Waals surface area contributed by atoms with Gasteiger partial charge < -0.3 is 4.52 Å². The highest BCUT2D eigenvalue weighted by Crippen LogP contribution is 2.21. The molecule has 84 valence electrons. The molecule has 1 aromatic heterocycles. The van der Waals surface area contributed by atoms with Crippen LogP contribution in [0.5, 0.6) is 0 Å². The van der Waals surface area contributed by atoms with E-state index >= 15 is 0 Å². The summed E-state index contributed by atoms with van der Waals surface area (Å²) < 4.78 is 17.5. The van der Waals surface area contributed by atoms with E-state index in [0.717, 1.165) is 4.90 Å². The van der Waals surface area contributed by atoms with Gasteiger partial charge in [-0.1, -0.05) is 5.16 Å². The molecule has 0 atom stereocenters. The Bertz CT molecular complexity index is 460. The fourth-order valence-electron chi connectivity index (χ4n) is 1.08. The van der Waals surface area contributed by atoms with Crippen LogP contribution in [0.25, 0.3) is 0 Å². The maximum atomic E-state index is 12.6. The Morgan fingerprint density at radius 2 is 2.06 bits per heavy atom. The second-order valence-electron chi connectivity index (χ2n) is 2.98. The summed E-state index contributed by atoms with van der Waals surface area (Å²) in [5.74, 6) is 1.55. The van der Waals surface area contributed by atoms with Crippen molar-refractivity contribution in [1.29, 1.82) is 0 Å². The SMILES string of the molecule is Fc1ccc(SCc2noc(CCl)n2)cc1. The highest BCUT2D eigenvalue weighted by molar-refractivity contribution is 7.98. The molecule has 2 rings (SSSR count). The number of thioether (sulfide) groups is 1. The third kappa shape index (κ3) is 2.96. The quantitative estimate of drug-likeness (QED) is 0.623. The molecule has 0 aliphatic heterocycles. The highest BCUT2D eigenvalue weighted by atomic mass is 35.5. The molecule has 1 heterocycles. The van der Waals surface area contributed by atoms with Crippen LogP contribution in [0.2, 0.25) is 0 Å². The zero-order valence-electron chi connectivity index (χ0n) is 8.19. The minimum atomic E-state index is -0.242. The largest absolute Gasteiger partial charge is 0.338 e. The van der Waals surface area contributed by atoms with Crippen LogP contribution < -0.4 is 0 Å². The van der Waals surface area contributed by atoms with Crippen molar-refractivity contribution in [2.24, 2.45) is 0 Å². The van der Waals surface area contributed by atoms with Crippen molar-refractivity contribution in [3.8, 4) is 0 Å². The lowest BCUT2D eigenvalue weighted by Crippen LogP contribution is -1.84. The number of halogens is 2. The highest BCUT2D eigenvalue weighted by Gasteiger charge is 2.05. The second-order valence-corrected chi connectivity index (χ2v) is 4.30. The average molecular weight is 259 g/mol. The Balaban J connectivity index is 1.94. The van der Waals surface area contributed by atoms with Gasteiger partial charge in [0.25, 0.3) is 0 Å². The molecule has 0 bridgehead atoms. The lowest BCUT2D eigenvalue weighted by molar-refractivity contribution is 0.386. The van der Waals surface area contributed by atoms with Crippen molar-refractivity contribution < 1.29 is 8.91 Å². The Morgan fingerprint density at radius 3 is 2.69 bits per heavy atom. The molecule has 2 aromatic rings. The van der Waals surface area contributed by atoms with Gasteiger partial charge in [0.1, 0.15) is 11.7 Å². The van der Waals surface area contributed by atoms with E-state index in [1.54, 1.807) is 12.1 Å². The Kier molecular flexibility index (Phi) is 3.79. The van der Waals surface area contributed by atoms with Crippen LogP contribution in [0, 0.1) is 5.82 Å². The number of nitrogens with zero attached hydrogens (tertiary/aromatic N) is 2. The lowest BCUT2D eigenvalue weighted by atomic mass is 10.4. The van der Waals surface area contributed by atoms with E-state index in [2.05, 4.69) is 10.1 Å². The van der Waals surface area contributed by atoms with Gasteiger partial charge in [0.15, 0.2) is 5.82 Å². The molecule has 1 aromatic carbocycles. The first-order valence-corrected chi connectivity index (χ1v) is 6.06. The van der Waals surface area contributed by atoms with Crippen LogP contribution in [0.15, 0.2) is 33.7 Å². The molecule has 0 saturated heterocycles. The zero-order chi connectivity index (χ0) is 11.4. The average Bonchev–Trinajstić information content (AvgIpc) is 2.76. The summed E-state index contributed by atoms with van der Waals surface area (Å²) in [5.41, 5.74) is 0. The van der Waals surface area contributed by atoms with Crippen molar-refractivity contribution in [3.05, 3.63) is 41.8 Å². The molecule has 0 radical (unpaired) electrons. The summed E-state index contributed by atoms with van der Waals surface area (Å²) in [5, 5.41) is 3.75. The van der Waals surface area contributed by atoms with Crippen molar-refractivity contribution in [2.45, 2.75) is 16.5 Å². The standard InChI is InChI=1S/C10H8ClFN2OS/c11-5-10-13-9(14-15-10)6-16-8-3-1-7(12)2-4-8/h1-4H,5-6H2. The van der Waals surface area contributed by atoms with E-state index in [0.29, 0.717) is 17.5 Å². The Hall–Kier alpha value is -1.07. The van der Waals surface area contributed by atoms with Gasteiger partial charge in [-0.2, -0.15) is 4.98 Å². The van der Waals surface area contributed by atoms with E-state index in [9.17, 15) is 4.39 Å². The topological polar surface area (TPSA) is 38.9 Å². The molecule has 0 aliphatic rings. The summed E-state index contributed by atoms with van der Waals surface area (Å²) >= 11 is 7.04. The van der Waals surface area contributed by atoms with Crippen molar-refractivity contribution in [2.75, 3.05) is 0 Å². The third-order valence-electron chi connectivity index (χ3n) is 1.81. The fourth-order valence-corrected chi connectivity index (χ4v) is 1.93. The van der Waals surface area contributed by atoms with Crippen LogP contribution in [0.3, 0.4) is 0 Å². The second kappa shape index (κ2) is 5.32. The normalized spacial score (nSPS) is 10.6. The van der Waals surface area contributed by atoms with E-state index in [1.807, 2.05) is 0 Å². The third-order valence-corrected chi connectivity index (χ3v) is 3.04. The van der Waals surface area contributed by atoms with E-state index < -0.39 is 0 Å². The summed E-state index contributed by atoms with van der Waals surface area (Å²) in [6, 6.07) is 6.26. The monoisotopic (exact) mass is 258 g/mol. The van der Waals surface area contributed by atoms with E-state index in [-0.39, 0.29) is 11.7 Å². The van der Waals surface area contributed by atoms with Gasteiger partial charge >= 0.3 is 0 Å². The minimum Gasteiger partial charge on any atom is -0.338 e. The van der Waals surface area contributed by atoms with Gasteiger partial charge in [0, 0.05) is 4.90 Å². The molecule has 0 fully saturated rings. The van der Waals surface area contributed by atoms with Crippen LogP contribution in [0.1, 0.15) is 11.7 Å². The number of aromatic nitrogens is 2. The summed E-state index contributed by atoms with van der Waals surface area (Å²) in [6.45, 7) is 0. The van der Waals surface area contributed by atoms with Gasteiger partial charge in [-0.15, -0.1) is 23.4 Å². The molecule has 0 spiro atoms. The molecule has 0 unspecified atom stereocenters. The van der Waals surface area contributed by atoms with Crippen molar-refractivity contribution in [3.63, 3.8) is 0 Å². The van der Waals surface area contributed by atoms with Gasteiger partial charge in [-0.3, -0.25) is 0 Å². The van der Waals surface area contributed by atoms with Crippen molar-refractivity contribution >= 4 is 23.4 Å². The number of hydrogen-bond donors (Lipinski definition) is 0. The lowest BCUT2D eigenvalue weighted by Gasteiger charge is -1.97. The van der Waals surface area contributed by atoms with Gasteiger partial charge in [-0.25, -0.2) is 4.39 Å². The van der Waals surface area contributed by atoms with Crippen LogP contribution in [-0.2, 0) is 11.6 Å². The van der Waals surface area contributed by atoms with Crippen LogP contribution in [0.4, 0.5) is 4.39 Å². The van der Waals surface area contributed by atoms with Crippen molar-refractivity contribution in [1.82, 2.24) is 10.1 Å². The number of rotatable bonds is 4. The van der Waals surface area contributed by atoms with Gasteiger partial charge in [-0.05, 0) is 24.3 Å². The Morgan fingerprint density at radius 1 is 1.31 bits per heavy atom. The molecule has 3 nitrogen and oxygen atoms in total. The molecular weight excluding hydrogens is 251 g/mol. The molecule has 16 heavy (non-hydrogen) atoms. The molecular formula is C10H8ClFN2OS. The maximum absolute atomic E-state index is 12.6. The maximum Gasteiger partial charge on any atom is 0.241 e. The fraction of sp³-hybridized carbons (Fsp3) is 0.200. The molecule has 0 saturated carbocycles. The zero-order valence-corrected chi connectivity index (χ0v) is 9.76. The summed E-state index contributed by atoms with van der Waals surface area (Å²) in [6.07, 6.45) is 0. The number of benzene rings is 1.